The second-order valence-electron chi connectivity index (χ2n) is 11.2. The van der Waals surface area contributed by atoms with Crippen LogP contribution in [-0.2, 0) is 4.79 Å². The molecule has 2 aliphatic carbocycles. The Kier molecular flexibility index (Phi) is 7.29. The van der Waals surface area contributed by atoms with Crippen LogP contribution in [0.5, 0.6) is 0 Å². The van der Waals surface area contributed by atoms with Crippen LogP contribution in [-0.4, -0.2) is 60.1 Å². The number of anilines is 1. The molecule has 9 nitrogen and oxygen atoms in total. The van der Waals surface area contributed by atoms with Gasteiger partial charge in [-0.15, -0.1) is 11.3 Å². The number of thiazole rings is 1. The van der Waals surface area contributed by atoms with Gasteiger partial charge in [-0.05, 0) is 50.3 Å². The molecule has 1 aromatic carbocycles. The first-order valence-electron chi connectivity index (χ1n) is 13.9. The molecule has 3 N–H and O–H groups in total. The van der Waals surface area contributed by atoms with Gasteiger partial charge in [0.2, 0.25) is 5.91 Å². The van der Waals surface area contributed by atoms with Gasteiger partial charge in [0.25, 0.3) is 0 Å². The smallest absolute Gasteiger partial charge is 0.225 e. The van der Waals surface area contributed by atoms with Gasteiger partial charge in [-0.25, -0.2) is 15.0 Å². The summed E-state index contributed by atoms with van der Waals surface area (Å²) in [6, 6.07) is 10.7. The molecule has 11 heteroatoms. The molecule has 0 radical (unpaired) electrons. The van der Waals surface area contributed by atoms with E-state index in [4.69, 9.17) is 4.98 Å². The number of aryl methyl sites for hydroxylation is 1. The summed E-state index contributed by atoms with van der Waals surface area (Å²) in [5.41, 5.74) is 3.19. The number of nitriles is 1. The Labute approximate surface area is 240 Å². The molecule has 3 fully saturated rings. The van der Waals surface area contributed by atoms with Gasteiger partial charge in [0.1, 0.15) is 16.4 Å². The summed E-state index contributed by atoms with van der Waals surface area (Å²) in [6.45, 7) is 3.09. The summed E-state index contributed by atoms with van der Waals surface area (Å²) < 4.78 is 20.0. The van der Waals surface area contributed by atoms with E-state index < -0.39 is 16.1 Å². The van der Waals surface area contributed by atoms with E-state index in [2.05, 4.69) is 50.5 Å². The molecule has 1 amide bonds. The predicted octanol–water partition coefficient (Wildman–Crippen LogP) is 5.59. The van der Waals surface area contributed by atoms with Crippen LogP contribution in [0.4, 0.5) is 5.69 Å². The van der Waals surface area contributed by atoms with Crippen molar-refractivity contribution in [3.8, 4) is 27.1 Å². The fraction of sp³-hybridized carbons (Fsp3) is 0.483. The van der Waals surface area contributed by atoms with Gasteiger partial charge in [-0.3, -0.25) is 13.9 Å². The highest BCUT2D eigenvalue weighted by Crippen LogP contribution is 2.47. The number of nitrogens with zero attached hydrogens (tertiary/aromatic N) is 5. The SMILES string of the molecule is Cc1ncc(-c2nc([C@@H]3CCCC[C@H]3C(=O)NC3(C#N)CC3)c(-c3ccc(N4CCS(O)(O)CC4)cc3)s2)cn1. The van der Waals surface area contributed by atoms with Crippen molar-refractivity contribution in [3.63, 3.8) is 0 Å². The fourth-order valence-corrected chi connectivity index (χ4v) is 8.06. The molecule has 3 aliphatic rings. The lowest BCUT2D eigenvalue weighted by Gasteiger charge is -2.41. The van der Waals surface area contributed by atoms with E-state index in [1.807, 2.05) is 6.92 Å². The number of amides is 1. The van der Waals surface area contributed by atoms with Gasteiger partial charge in [0.05, 0.1) is 28.1 Å². The molecule has 210 valence electrons. The lowest BCUT2D eigenvalue weighted by atomic mass is 9.76. The maximum atomic E-state index is 13.5. The van der Waals surface area contributed by atoms with Crippen molar-refractivity contribution in [3.05, 3.63) is 48.2 Å². The third-order valence-corrected chi connectivity index (χ3v) is 11.2. The van der Waals surface area contributed by atoms with Crippen molar-refractivity contribution in [2.45, 2.75) is 56.9 Å². The Balaban J connectivity index is 1.34. The molecule has 1 saturated heterocycles. The maximum absolute atomic E-state index is 13.5. The van der Waals surface area contributed by atoms with Gasteiger partial charge in [0, 0.05) is 48.6 Å². The van der Waals surface area contributed by atoms with Crippen molar-refractivity contribution in [2.75, 3.05) is 29.5 Å². The lowest BCUT2D eigenvalue weighted by molar-refractivity contribution is -0.127. The van der Waals surface area contributed by atoms with E-state index in [9.17, 15) is 19.2 Å². The summed E-state index contributed by atoms with van der Waals surface area (Å²) in [4.78, 5) is 30.6. The normalized spacial score (nSPS) is 24.1. The molecule has 2 saturated carbocycles. The Bertz CT molecular complexity index is 1420. The van der Waals surface area contributed by atoms with Crippen molar-refractivity contribution in [1.29, 1.82) is 5.26 Å². The maximum Gasteiger partial charge on any atom is 0.225 e. The van der Waals surface area contributed by atoms with Crippen molar-refractivity contribution >= 4 is 33.5 Å². The number of carbonyl (C=O) groups is 1. The number of aromatic nitrogens is 3. The van der Waals surface area contributed by atoms with Crippen LogP contribution >= 0.6 is 21.9 Å². The quantitative estimate of drug-likeness (QED) is 0.344. The summed E-state index contributed by atoms with van der Waals surface area (Å²) in [5.74, 6) is 1.19. The molecule has 40 heavy (non-hydrogen) atoms. The molecular formula is C29H34N6O3S2. The lowest BCUT2D eigenvalue weighted by Crippen LogP contribution is -2.42. The molecular weight excluding hydrogens is 544 g/mol. The molecule has 2 atom stereocenters. The average Bonchev–Trinajstić information content (AvgIpc) is 3.60. The first-order chi connectivity index (χ1) is 19.3. The summed E-state index contributed by atoms with van der Waals surface area (Å²) in [7, 11) is -2.45. The fourth-order valence-electron chi connectivity index (χ4n) is 5.72. The highest BCUT2D eigenvalue weighted by Gasteiger charge is 2.47. The van der Waals surface area contributed by atoms with Crippen LogP contribution in [0.1, 0.15) is 56.0 Å². The summed E-state index contributed by atoms with van der Waals surface area (Å²) >= 11 is 1.60. The zero-order chi connectivity index (χ0) is 27.9. The molecule has 3 aromatic rings. The van der Waals surface area contributed by atoms with E-state index in [-0.39, 0.29) is 17.7 Å². The van der Waals surface area contributed by atoms with Gasteiger partial charge in [-0.1, -0.05) is 25.0 Å². The highest BCUT2D eigenvalue weighted by atomic mass is 32.3. The second kappa shape index (κ2) is 10.7. The summed E-state index contributed by atoms with van der Waals surface area (Å²) in [6.07, 6.45) is 8.71. The van der Waals surface area contributed by atoms with Crippen LogP contribution in [0.25, 0.3) is 21.0 Å². The molecule has 0 bridgehead atoms. The third-order valence-electron chi connectivity index (χ3n) is 8.33. The van der Waals surface area contributed by atoms with E-state index in [0.717, 1.165) is 58.1 Å². The number of hydrogen-bond donors (Lipinski definition) is 3. The third kappa shape index (κ3) is 5.59. The minimum Gasteiger partial charge on any atom is -0.368 e. The molecule has 2 aromatic heterocycles. The topological polar surface area (TPSA) is 135 Å². The van der Waals surface area contributed by atoms with Gasteiger partial charge in [0.15, 0.2) is 0 Å². The van der Waals surface area contributed by atoms with Crippen molar-refractivity contribution in [2.24, 2.45) is 5.92 Å². The Morgan fingerprint density at radius 1 is 1.10 bits per heavy atom. The van der Waals surface area contributed by atoms with E-state index in [1.165, 1.54) is 0 Å². The minimum absolute atomic E-state index is 0.0330. The first kappa shape index (κ1) is 27.1. The predicted molar refractivity (Wildman–Crippen MR) is 159 cm³/mol. The number of benzene rings is 1. The van der Waals surface area contributed by atoms with E-state index in [1.54, 1.807) is 23.7 Å². The Morgan fingerprint density at radius 3 is 2.42 bits per heavy atom. The summed E-state index contributed by atoms with van der Waals surface area (Å²) in [5, 5.41) is 13.4. The van der Waals surface area contributed by atoms with Crippen LogP contribution < -0.4 is 10.2 Å². The molecule has 0 spiro atoms. The Hall–Kier alpha value is -3.04. The van der Waals surface area contributed by atoms with Crippen LogP contribution in [0.2, 0.25) is 0 Å². The molecule has 6 rings (SSSR count). The van der Waals surface area contributed by atoms with E-state index >= 15 is 0 Å². The highest BCUT2D eigenvalue weighted by molar-refractivity contribution is 8.24. The first-order valence-corrected chi connectivity index (χ1v) is 16.6. The number of hydrogen-bond acceptors (Lipinski definition) is 9. The van der Waals surface area contributed by atoms with Gasteiger partial charge >= 0.3 is 0 Å². The van der Waals surface area contributed by atoms with Gasteiger partial charge < -0.3 is 10.2 Å². The van der Waals surface area contributed by atoms with E-state index in [0.29, 0.717) is 43.3 Å². The average molecular weight is 579 g/mol. The van der Waals surface area contributed by atoms with Crippen LogP contribution in [0.15, 0.2) is 36.7 Å². The zero-order valence-corrected chi connectivity index (χ0v) is 24.2. The minimum atomic E-state index is -2.45. The number of nitrogens with one attached hydrogen (secondary N) is 1. The van der Waals surface area contributed by atoms with Crippen molar-refractivity contribution in [1.82, 2.24) is 20.3 Å². The van der Waals surface area contributed by atoms with Gasteiger partial charge in [-0.2, -0.15) is 15.9 Å². The largest absolute Gasteiger partial charge is 0.368 e. The monoisotopic (exact) mass is 578 g/mol. The number of carbonyl (C=O) groups excluding carboxylic acids is 1. The number of rotatable bonds is 6. The molecule has 0 unspecified atom stereocenters. The van der Waals surface area contributed by atoms with Crippen LogP contribution in [0, 0.1) is 24.2 Å². The molecule has 1 aliphatic heterocycles. The molecule has 3 heterocycles. The zero-order valence-electron chi connectivity index (χ0n) is 22.5. The standard InChI is InChI=1S/C29H34N6O3S2/c1-19-31-16-21(17-32-19)28-33-25(23-4-2-3-5-24(23)27(36)34-29(18-30)10-11-29)26(39-28)20-6-8-22(9-7-20)35-12-14-40(37,38)15-13-35/h6-9,16-17,23-24,37-38H,2-5,10-15H2,1H3,(H,34,36)/t23-,24-/m1/s1. The van der Waals surface area contributed by atoms with Crippen molar-refractivity contribution < 1.29 is 13.9 Å². The van der Waals surface area contributed by atoms with Crippen LogP contribution in [0.3, 0.4) is 0 Å². The Morgan fingerprint density at radius 2 is 1.77 bits per heavy atom. The second-order valence-corrected chi connectivity index (χ2v) is 14.6.